The lowest BCUT2D eigenvalue weighted by Crippen LogP contribution is -2.08. The molecule has 0 fully saturated rings. The summed E-state index contributed by atoms with van der Waals surface area (Å²) in [5.41, 5.74) is 1.15. The third-order valence-corrected chi connectivity index (χ3v) is 4.22. The van der Waals surface area contributed by atoms with Gasteiger partial charge in [0.05, 0.1) is 16.2 Å². The van der Waals surface area contributed by atoms with Gasteiger partial charge in [0.15, 0.2) is 11.6 Å². The maximum atomic E-state index is 13.9. The van der Waals surface area contributed by atoms with Crippen LogP contribution < -0.4 is 10.1 Å². The van der Waals surface area contributed by atoms with E-state index in [0.717, 1.165) is 11.8 Å². The minimum atomic E-state index is -0.664. The molecule has 3 aromatic rings. The average molecular weight is 396 g/mol. The molecule has 26 heavy (non-hydrogen) atoms. The van der Waals surface area contributed by atoms with Crippen LogP contribution in [0, 0.1) is 11.6 Å². The van der Waals surface area contributed by atoms with Crippen LogP contribution in [0.2, 0.25) is 10.0 Å². The first-order valence-electron chi connectivity index (χ1n) is 7.59. The second-order valence-corrected chi connectivity index (χ2v) is 6.15. The first kappa shape index (κ1) is 18.4. The predicted octanol–water partition coefficient (Wildman–Crippen LogP) is 5.25. The van der Waals surface area contributed by atoms with Crippen molar-refractivity contribution in [2.75, 3.05) is 5.32 Å². The maximum Gasteiger partial charge on any atom is 0.318 e. The molecular weight excluding hydrogens is 383 g/mol. The molecule has 2 aromatic carbocycles. The van der Waals surface area contributed by atoms with Crippen LogP contribution in [0.1, 0.15) is 11.1 Å². The molecule has 0 aliphatic rings. The molecule has 1 aromatic heterocycles. The summed E-state index contributed by atoms with van der Waals surface area (Å²) in [6, 6.07) is 11.2. The van der Waals surface area contributed by atoms with Crippen LogP contribution in [0.25, 0.3) is 0 Å². The van der Waals surface area contributed by atoms with Crippen LogP contribution in [0.5, 0.6) is 6.01 Å². The molecule has 0 aliphatic heterocycles. The lowest BCUT2D eigenvalue weighted by atomic mass is 10.2. The summed E-state index contributed by atoms with van der Waals surface area (Å²) in [6.45, 7) is 0.210. The zero-order chi connectivity index (χ0) is 18.5. The fourth-order valence-electron chi connectivity index (χ4n) is 2.14. The summed E-state index contributed by atoms with van der Waals surface area (Å²) in [5.74, 6) is -1.12. The first-order chi connectivity index (χ1) is 12.5. The molecule has 0 radical (unpaired) electrons. The molecule has 1 heterocycles. The molecule has 0 bridgehead atoms. The second kappa shape index (κ2) is 8.29. The van der Waals surface area contributed by atoms with Gasteiger partial charge in [-0.05, 0) is 23.8 Å². The molecule has 0 aliphatic carbocycles. The molecule has 0 amide bonds. The number of nitrogens with one attached hydrogen (secondary N) is 1. The van der Waals surface area contributed by atoms with Crippen molar-refractivity contribution >= 4 is 29.0 Å². The van der Waals surface area contributed by atoms with Gasteiger partial charge in [-0.15, -0.1) is 0 Å². The lowest BCUT2D eigenvalue weighted by molar-refractivity contribution is 0.280. The summed E-state index contributed by atoms with van der Waals surface area (Å²) in [4.78, 5) is 7.76. The van der Waals surface area contributed by atoms with E-state index >= 15 is 0 Å². The average Bonchev–Trinajstić information content (AvgIpc) is 2.64. The van der Waals surface area contributed by atoms with E-state index in [1.807, 2.05) is 0 Å². The zero-order valence-electron chi connectivity index (χ0n) is 13.3. The molecule has 0 saturated carbocycles. The Morgan fingerprint density at radius 2 is 1.81 bits per heavy atom. The molecule has 3 rings (SSSR count). The number of nitrogens with zero attached hydrogens (tertiary/aromatic N) is 2. The number of halogens is 4. The third-order valence-electron chi connectivity index (χ3n) is 3.48. The fourth-order valence-corrected chi connectivity index (χ4v) is 2.46. The number of aromatic nitrogens is 2. The van der Waals surface area contributed by atoms with Gasteiger partial charge < -0.3 is 10.1 Å². The van der Waals surface area contributed by atoms with Gasteiger partial charge in [0, 0.05) is 12.1 Å². The summed E-state index contributed by atoms with van der Waals surface area (Å²) in [5, 5.41) is 3.58. The van der Waals surface area contributed by atoms with E-state index in [0.29, 0.717) is 15.6 Å². The Bertz CT molecular complexity index is 925. The summed E-state index contributed by atoms with van der Waals surface area (Å²) < 4.78 is 32.9. The Morgan fingerprint density at radius 3 is 2.58 bits per heavy atom. The van der Waals surface area contributed by atoms with Gasteiger partial charge >= 0.3 is 6.01 Å². The summed E-state index contributed by atoms with van der Waals surface area (Å²) >= 11 is 11.8. The molecule has 1 N–H and O–H groups in total. The van der Waals surface area contributed by atoms with Crippen molar-refractivity contribution in [3.63, 3.8) is 0 Å². The Labute approximate surface area is 158 Å². The van der Waals surface area contributed by atoms with E-state index in [4.69, 9.17) is 27.9 Å². The SMILES string of the molecule is Fc1ccccc1CNc1nc(OCc2ccc(Cl)c(Cl)c2)ncc1F. The molecular formula is C18H13Cl2F2N3O. The van der Waals surface area contributed by atoms with Gasteiger partial charge in [0.1, 0.15) is 12.4 Å². The van der Waals surface area contributed by atoms with Crippen LogP contribution in [0.15, 0.2) is 48.7 Å². The van der Waals surface area contributed by atoms with Gasteiger partial charge in [0.2, 0.25) is 0 Å². The van der Waals surface area contributed by atoms with Crippen molar-refractivity contribution in [1.82, 2.24) is 9.97 Å². The smallest absolute Gasteiger partial charge is 0.318 e. The van der Waals surface area contributed by atoms with Gasteiger partial charge in [-0.3, -0.25) is 0 Å². The van der Waals surface area contributed by atoms with Crippen molar-refractivity contribution in [3.8, 4) is 6.01 Å². The van der Waals surface area contributed by atoms with Crippen molar-refractivity contribution in [1.29, 1.82) is 0 Å². The number of benzene rings is 2. The largest absolute Gasteiger partial charge is 0.459 e. The van der Waals surface area contributed by atoms with Gasteiger partial charge in [-0.2, -0.15) is 4.98 Å². The summed E-state index contributed by atoms with van der Waals surface area (Å²) in [7, 11) is 0. The minimum absolute atomic E-state index is 0.0199. The topological polar surface area (TPSA) is 47.0 Å². The van der Waals surface area contributed by atoms with Crippen LogP contribution in [0.3, 0.4) is 0 Å². The first-order valence-corrected chi connectivity index (χ1v) is 8.35. The Morgan fingerprint density at radius 1 is 1.00 bits per heavy atom. The molecule has 0 spiro atoms. The predicted molar refractivity (Wildman–Crippen MR) is 96.5 cm³/mol. The molecule has 134 valence electrons. The molecule has 0 atom stereocenters. The minimum Gasteiger partial charge on any atom is -0.459 e. The highest BCUT2D eigenvalue weighted by atomic mass is 35.5. The lowest BCUT2D eigenvalue weighted by Gasteiger charge is -2.10. The third kappa shape index (κ3) is 4.59. The van der Waals surface area contributed by atoms with E-state index in [-0.39, 0.29) is 30.8 Å². The normalized spacial score (nSPS) is 10.6. The van der Waals surface area contributed by atoms with Gasteiger partial charge in [-0.25, -0.2) is 13.8 Å². The van der Waals surface area contributed by atoms with Crippen molar-refractivity contribution in [3.05, 3.63) is 81.5 Å². The van der Waals surface area contributed by atoms with E-state index in [1.165, 1.54) is 6.07 Å². The Balaban J connectivity index is 1.67. The maximum absolute atomic E-state index is 13.9. The highest BCUT2D eigenvalue weighted by Crippen LogP contribution is 2.23. The number of hydrogen-bond acceptors (Lipinski definition) is 4. The van der Waals surface area contributed by atoms with E-state index in [2.05, 4.69) is 15.3 Å². The Hall–Kier alpha value is -2.44. The van der Waals surface area contributed by atoms with Crippen molar-refractivity contribution in [2.45, 2.75) is 13.2 Å². The monoisotopic (exact) mass is 395 g/mol. The zero-order valence-corrected chi connectivity index (χ0v) is 14.9. The van der Waals surface area contributed by atoms with Crippen LogP contribution in [-0.2, 0) is 13.2 Å². The van der Waals surface area contributed by atoms with Crippen molar-refractivity contribution in [2.24, 2.45) is 0 Å². The number of hydrogen-bond donors (Lipinski definition) is 1. The molecule has 8 heteroatoms. The molecule has 4 nitrogen and oxygen atoms in total. The van der Waals surface area contributed by atoms with E-state index in [1.54, 1.807) is 36.4 Å². The number of ether oxygens (including phenoxy) is 1. The van der Waals surface area contributed by atoms with Crippen LogP contribution in [-0.4, -0.2) is 9.97 Å². The van der Waals surface area contributed by atoms with E-state index < -0.39 is 5.82 Å². The van der Waals surface area contributed by atoms with Gasteiger partial charge in [0.25, 0.3) is 0 Å². The van der Waals surface area contributed by atoms with Crippen LogP contribution in [0.4, 0.5) is 14.6 Å². The second-order valence-electron chi connectivity index (χ2n) is 5.33. The van der Waals surface area contributed by atoms with Gasteiger partial charge in [-0.1, -0.05) is 47.5 Å². The highest BCUT2D eigenvalue weighted by molar-refractivity contribution is 6.42. The summed E-state index contributed by atoms with van der Waals surface area (Å²) in [6.07, 6.45) is 0.987. The Kier molecular flexibility index (Phi) is 5.85. The number of anilines is 1. The fraction of sp³-hybridized carbons (Fsp3) is 0.111. The van der Waals surface area contributed by atoms with E-state index in [9.17, 15) is 8.78 Å². The molecule has 0 saturated heterocycles. The number of rotatable bonds is 6. The quantitative estimate of drug-likeness (QED) is 0.618. The molecule has 0 unspecified atom stereocenters. The highest BCUT2D eigenvalue weighted by Gasteiger charge is 2.10. The van der Waals surface area contributed by atoms with Crippen molar-refractivity contribution < 1.29 is 13.5 Å². The van der Waals surface area contributed by atoms with Crippen LogP contribution >= 0.6 is 23.2 Å². The standard InChI is InChI=1S/C18H13Cl2F2N3O/c19-13-6-5-11(7-14(13)20)10-26-18-24-9-16(22)17(25-18)23-8-12-3-1-2-4-15(12)21/h1-7,9H,8,10H2,(H,23,24,25).